The molecule has 1 unspecified atom stereocenters. The number of hydrogen-bond acceptors (Lipinski definition) is 4. The molecule has 146 valence electrons. The first-order valence-corrected chi connectivity index (χ1v) is 10.5. The van der Waals surface area contributed by atoms with Crippen molar-refractivity contribution in [2.75, 3.05) is 12.4 Å². The van der Waals surface area contributed by atoms with Gasteiger partial charge in [-0.3, -0.25) is 0 Å². The van der Waals surface area contributed by atoms with E-state index >= 15 is 0 Å². The van der Waals surface area contributed by atoms with Crippen LogP contribution in [0.2, 0.25) is 5.02 Å². The van der Waals surface area contributed by atoms with Crippen LogP contribution in [0.15, 0.2) is 48.5 Å². The van der Waals surface area contributed by atoms with Gasteiger partial charge in [0.15, 0.2) is 5.11 Å². The Hall–Kier alpha value is -2.15. The summed E-state index contributed by atoms with van der Waals surface area (Å²) >= 11 is 13.0. The third kappa shape index (κ3) is 5.01. The van der Waals surface area contributed by atoms with Gasteiger partial charge in [-0.1, -0.05) is 41.9 Å². The number of carbonyl (C=O) groups excluding carboxylic acids is 1. The fourth-order valence-electron chi connectivity index (χ4n) is 2.86. The topological polar surface area (TPSA) is 50.4 Å². The van der Waals surface area contributed by atoms with Gasteiger partial charge in [-0.2, -0.15) is 0 Å². The molecule has 2 aromatic carbocycles. The minimum absolute atomic E-state index is 0.242. The molecule has 0 aliphatic carbocycles. The lowest BCUT2D eigenvalue weighted by Gasteiger charge is -2.17. The highest BCUT2D eigenvalue weighted by Crippen LogP contribution is 2.37. The number of rotatable bonds is 6. The quantitative estimate of drug-likeness (QED) is 0.389. The van der Waals surface area contributed by atoms with Crippen LogP contribution in [0.3, 0.4) is 0 Å². The standard InChI is InChI=1S/C21H21ClN2O2S2/c1-13(8-9-14-6-4-3-5-7-14)23-21(27)24-15-10-11-16-17(12-15)28-19(18(16)22)20(25)26-2/h3-7,10-13H,8-9H2,1-2H3,(H2,23,24,27). The van der Waals surface area contributed by atoms with Gasteiger partial charge in [-0.25, -0.2) is 4.79 Å². The van der Waals surface area contributed by atoms with E-state index in [1.54, 1.807) is 0 Å². The molecule has 7 heteroatoms. The highest BCUT2D eigenvalue weighted by atomic mass is 35.5. The van der Waals surface area contributed by atoms with E-state index in [9.17, 15) is 4.79 Å². The van der Waals surface area contributed by atoms with Crippen molar-refractivity contribution in [3.05, 3.63) is 64.0 Å². The van der Waals surface area contributed by atoms with Gasteiger partial charge in [0.1, 0.15) is 4.88 Å². The normalized spacial score (nSPS) is 11.8. The van der Waals surface area contributed by atoms with Crippen LogP contribution in [0.5, 0.6) is 0 Å². The lowest BCUT2D eigenvalue weighted by Crippen LogP contribution is -2.36. The Bertz CT molecular complexity index is 989. The summed E-state index contributed by atoms with van der Waals surface area (Å²) in [5, 5.41) is 8.33. The first-order valence-electron chi connectivity index (χ1n) is 8.89. The molecule has 0 aliphatic heterocycles. The minimum atomic E-state index is -0.426. The maximum Gasteiger partial charge on any atom is 0.349 e. The molecular formula is C21H21ClN2O2S2. The zero-order valence-corrected chi connectivity index (χ0v) is 18.0. The number of methoxy groups -OCH3 is 1. The van der Waals surface area contributed by atoms with Gasteiger partial charge in [-0.05, 0) is 55.7 Å². The van der Waals surface area contributed by atoms with Gasteiger partial charge in [0, 0.05) is 21.8 Å². The molecule has 1 heterocycles. The predicted octanol–water partition coefficient (Wildman–Crippen LogP) is 5.65. The largest absolute Gasteiger partial charge is 0.465 e. The smallest absolute Gasteiger partial charge is 0.349 e. The third-order valence-electron chi connectivity index (χ3n) is 4.34. The number of ether oxygens (including phenoxy) is 1. The van der Waals surface area contributed by atoms with Crippen molar-refractivity contribution in [3.63, 3.8) is 0 Å². The number of halogens is 1. The summed E-state index contributed by atoms with van der Waals surface area (Å²) in [6.07, 6.45) is 1.97. The summed E-state index contributed by atoms with van der Waals surface area (Å²) in [4.78, 5) is 12.2. The highest BCUT2D eigenvalue weighted by Gasteiger charge is 2.18. The summed E-state index contributed by atoms with van der Waals surface area (Å²) < 4.78 is 5.68. The van der Waals surface area contributed by atoms with Crippen LogP contribution in [-0.4, -0.2) is 24.2 Å². The summed E-state index contributed by atoms with van der Waals surface area (Å²) in [6.45, 7) is 2.11. The van der Waals surface area contributed by atoms with Gasteiger partial charge in [0.25, 0.3) is 0 Å². The van der Waals surface area contributed by atoms with Crippen LogP contribution in [-0.2, 0) is 11.2 Å². The number of aryl methyl sites for hydroxylation is 1. The highest BCUT2D eigenvalue weighted by molar-refractivity contribution is 7.80. The predicted molar refractivity (Wildman–Crippen MR) is 122 cm³/mol. The summed E-state index contributed by atoms with van der Waals surface area (Å²) in [5.74, 6) is -0.426. The van der Waals surface area contributed by atoms with E-state index < -0.39 is 5.97 Å². The van der Waals surface area contributed by atoms with E-state index in [1.165, 1.54) is 24.0 Å². The van der Waals surface area contributed by atoms with Crippen LogP contribution in [0.1, 0.15) is 28.6 Å². The van der Waals surface area contributed by atoms with Crippen molar-refractivity contribution in [2.45, 2.75) is 25.8 Å². The van der Waals surface area contributed by atoms with Crippen molar-refractivity contribution in [2.24, 2.45) is 0 Å². The molecule has 0 fully saturated rings. The van der Waals surface area contributed by atoms with E-state index in [1.807, 2.05) is 24.3 Å². The van der Waals surface area contributed by atoms with Crippen LogP contribution in [0.25, 0.3) is 10.1 Å². The van der Waals surface area contributed by atoms with Crippen LogP contribution in [0, 0.1) is 0 Å². The zero-order valence-electron chi connectivity index (χ0n) is 15.6. The maximum absolute atomic E-state index is 11.8. The number of hydrogen-bond donors (Lipinski definition) is 2. The first kappa shape index (κ1) is 20.6. The second-order valence-corrected chi connectivity index (χ2v) is 8.31. The van der Waals surface area contributed by atoms with Crippen molar-refractivity contribution in [3.8, 4) is 0 Å². The minimum Gasteiger partial charge on any atom is -0.465 e. The lowest BCUT2D eigenvalue weighted by atomic mass is 10.1. The summed E-state index contributed by atoms with van der Waals surface area (Å²) in [6, 6.07) is 16.3. The molecule has 0 saturated heterocycles. The fourth-order valence-corrected chi connectivity index (χ4v) is 4.64. The molecule has 1 aromatic heterocycles. The Morgan fingerprint density at radius 2 is 2.00 bits per heavy atom. The average molecular weight is 433 g/mol. The number of nitrogens with one attached hydrogen (secondary N) is 2. The van der Waals surface area contributed by atoms with Crippen molar-refractivity contribution >= 4 is 62.0 Å². The van der Waals surface area contributed by atoms with E-state index in [2.05, 4.69) is 41.8 Å². The second-order valence-electron chi connectivity index (χ2n) is 6.47. The molecule has 0 spiro atoms. The van der Waals surface area contributed by atoms with E-state index in [-0.39, 0.29) is 6.04 Å². The molecule has 28 heavy (non-hydrogen) atoms. The number of thiophene rings is 1. The van der Waals surface area contributed by atoms with Crippen molar-refractivity contribution < 1.29 is 9.53 Å². The molecule has 0 saturated carbocycles. The number of fused-ring (bicyclic) bond motifs is 1. The Kier molecular flexibility index (Phi) is 6.88. The SMILES string of the molecule is COC(=O)c1sc2cc(NC(=S)NC(C)CCc3ccccc3)ccc2c1Cl. The monoisotopic (exact) mass is 432 g/mol. The Balaban J connectivity index is 1.60. The molecule has 3 rings (SSSR count). The van der Waals surface area contributed by atoms with Crippen LogP contribution < -0.4 is 10.6 Å². The Morgan fingerprint density at radius 1 is 1.25 bits per heavy atom. The van der Waals surface area contributed by atoms with Gasteiger partial charge in [-0.15, -0.1) is 11.3 Å². The zero-order chi connectivity index (χ0) is 20.1. The van der Waals surface area contributed by atoms with Gasteiger partial charge < -0.3 is 15.4 Å². The average Bonchev–Trinajstić information content (AvgIpc) is 3.02. The molecule has 1 atom stereocenters. The fraction of sp³-hybridized carbons (Fsp3) is 0.238. The van der Waals surface area contributed by atoms with Gasteiger partial charge >= 0.3 is 5.97 Å². The van der Waals surface area contributed by atoms with Gasteiger partial charge in [0.05, 0.1) is 12.1 Å². The van der Waals surface area contributed by atoms with Crippen molar-refractivity contribution in [1.82, 2.24) is 5.32 Å². The molecule has 2 N–H and O–H groups in total. The number of anilines is 1. The second kappa shape index (κ2) is 9.37. The number of esters is 1. The van der Waals surface area contributed by atoms with E-state index in [0.29, 0.717) is 15.0 Å². The van der Waals surface area contributed by atoms with Crippen LogP contribution in [0.4, 0.5) is 5.69 Å². The molecule has 3 aromatic rings. The Morgan fingerprint density at radius 3 is 2.71 bits per heavy atom. The number of benzene rings is 2. The third-order valence-corrected chi connectivity index (χ3v) is 6.20. The number of carbonyl (C=O) groups is 1. The first-order chi connectivity index (χ1) is 13.5. The maximum atomic E-state index is 11.8. The molecule has 0 radical (unpaired) electrons. The number of thiocarbonyl (C=S) groups is 1. The molecule has 0 amide bonds. The van der Waals surface area contributed by atoms with E-state index in [0.717, 1.165) is 28.6 Å². The van der Waals surface area contributed by atoms with Crippen molar-refractivity contribution in [1.29, 1.82) is 0 Å². The molecular weight excluding hydrogens is 412 g/mol. The van der Waals surface area contributed by atoms with Crippen LogP contribution >= 0.6 is 35.2 Å². The summed E-state index contributed by atoms with van der Waals surface area (Å²) in [5.41, 5.74) is 2.16. The molecule has 0 bridgehead atoms. The van der Waals surface area contributed by atoms with E-state index in [4.69, 9.17) is 28.6 Å². The molecule has 0 aliphatic rings. The van der Waals surface area contributed by atoms with Gasteiger partial charge in [0.2, 0.25) is 0 Å². The molecule has 4 nitrogen and oxygen atoms in total. The summed E-state index contributed by atoms with van der Waals surface area (Å²) in [7, 11) is 1.35. The lowest BCUT2D eigenvalue weighted by molar-refractivity contribution is 0.0606. The Labute approximate surface area is 178 Å².